The van der Waals surface area contributed by atoms with E-state index in [2.05, 4.69) is 4.90 Å². The molecule has 2 aromatic carbocycles. The third kappa shape index (κ3) is 4.76. The van der Waals surface area contributed by atoms with E-state index in [0.717, 1.165) is 16.7 Å². The summed E-state index contributed by atoms with van der Waals surface area (Å²) >= 11 is 0. The fourth-order valence-corrected chi connectivity index (χ4v) is 3.08. The Morgan fingerprint density at radius 2 is 1.54 bits per heavy atom. The molecule has 0 saturated carbocycles. The van der Waals surface area contributed by atoms with E-state index in [9.17, 15) is 14.0 Å². The fourth-order valence-electron chi connectivity index (χ4n) is 3.08. The zero-order chi connectivity index (χ0) is 18.5. The molecular weight excluding hydrogens is 331 g/mol. The van der Waals surface area contributed by atoms with Crippen LogP contribution in [0.1, 0.15) is 21.5 Å². The third-order valence-electron chi connectivity index (χ3n) is 4.73. The van der Waals surface area contributed by atoms with Gasteiger partial charge in [0.2, 0.25) is 5.91 Å². The summed E-state index contributed by atoms with van der Waals surface area (Å²) < 4.78 is 12.9. The van der Waals surface area contributed by atoms with Crippen LogP contribution in [-0.4, -0.2) is 54.2 Å². The van der Waals surface area contributed by atoms with E-state index >= 15 is 0 Å². The van der Waals surface area contributed by atoms with Crippen molar-refractivity contribution in [1.29, 1.82) is 0 Å². The summed E-state index contributed by atoms with van der Waals surface area (Å²) in [6.45, 7) is 4.97. The molecule has 2 aromatic rings. The first-order valence-electron chi connectivity index (χ1n) is 8.86. The van der Waals surface area contributed by atoms with Crippen LogP contribution < -0.4 is 0 Å². The number of carbonyl (C=O) groups is 2. The molecule has 4 nitrogen and oxygen atoms in total. The minimum absolute atomic E-state index is 0.0427. The number of ketones is 1. The fraction of sp³-hybridized carbons (Fsp3) is 0.333. The van der Waals surface area contributed by atoms with Gasteiger partial charge < -0.3 is 4.90 Å². The first kappa shape index (κ1) is 18.3. The van der Waals surface area contributed by atoms with Crippen molar-refractivity contribution in [1.82, 2.24) is 9.80 Å². The monoisotopic (exact) mass is 354 g/mol. The molecule has 0 atom stereocenters. The lowest BCUT2D eigenvalue weighted by Gasteiger charge is -2.34. The molecule has 0 unspecified atom stereocenters. The van der Waals surface area contributed by atoms with Crippen LogP contribution in [0.15, 0.2) is 48.5 Å². The van der Waals surface area contributed by atoms with Gasteiger partial charge in [-0.2, -0.15) is 0 Å². The van der Waals surface area contributed by atoms with Crippen molar-refractivity contribution in [2.45, 2.75) is 13.3 Å². The highest BCUT2D eigenvalue weighted by Crippen LogP contribution is 2.10. The Morgan fingerprint density at radius 3 is 2.15 bits per heavy atom. The van der Waals surface area contributed by atoms with Crippen molar-refractivity contribution in [2.75, 3.05) is 32.7 Å². The van der Waals surface area contributed by atoms with Gasteiger partial charge in [0.25, 0.3) is 0 Å². The number of benzene rings is 2. The van der Waals surface area contributed by atoms with Gasteiger partial charge in [-0.1, -0.05) is 42.0 Å². The lowest BCUT2D eigenvalue weighted by molar-refractivity contribution is -0.132. The number of Topliss-reactive ketones (excluding diaryl/α,β-unsaturated/α-hetero) is 1. The van der Waals surface area contributed by atoms with Crippen molar-refractivity contribution < 1.29 is 14.0 Å². The summed E-state index contributed by atoms with van der Waals surface area (Å²) in [6, 6.07) is 13.6. The zero-order valence-corrected chi connectivity index (χ0v) is 15.0. The molecule has 26 heavy (non-hydrogen) atoms. The van der Waals surface area contributed by atoms with Crippen molar-refractivity contribution >= 4 is 11.7 Å². The van der Waals surface area contributed by atoms with Crippen LogP contribution in [0, 0.1) is 12.7 Å². The number of halogens is 1. The van der Waals surface area contributed by atoms with Crippen LogP contribution in [-0.2, 0) is 11.2 Å². The van der Waals surface area contributed by atoms with Crippen molar-refractivity contribution in [2.24, 2.45) is 0 Å². The Kier molecular flexibility index (Phi) is 5.78. The van der Waals surface area contributed by atoms with Crippen LogP contribution in [0.3, 0.4) is 0 Å². The second-order valence-corrected chi connectivity index (χ2v) is 6.75. The number of piperazine rings is 1. The van der Waals surface area contributed by atoms with E-state index in [4.69, 9.17) is 0 Å². The molecule has 0 aromatic heterocycles. The smallest absolute Gasteiger partial charge is 0.227 e. The van der Waals surface area contributed by atoms with Crippen LogP contribution >= 0.6 is 0 Å². The zero-order valence-electron chi connectivity index (χ0n) is 15.0. The molecule has 1 amide bonds. The summed E-state index contributed by atoms with van der Waals surface area (Å²) in [7, 11) is 0. The van der Waals surface area contributed by atoms with E-state index in [1.165, 1.54) is 12.1 Å². The minimum atomic E-state index is -0.298. The highest BCUT2D eigenvalue weighted by Gasteiger charge is 2.22. The van der Waals surface area contributed by atoms with E-state index in [1.807, 2.05) is 36.1 Å². The topological polar surface area (TPSA) is 40.6 Å². The maximum atomic E-state index is 12.9. The van der Waals surface area contributed by atoms with Gasteiger partial charge in [0.15, 0.2) is 5.78 Å². The molecular formula is C21H23FN2O2. The molecule has 0 spiro atoms. The minimum Gasteiger partial charge on any atom is -0.340 e. The molecule has 1 heterocycles. The Labute approximate surface area is 153 Å². The molecule has 1 saturated heterocycles. The van der Waals surface area contributed by atoms with Gasteiger partial charge >= 0.3 is 0 Å². The number of aryl methyl sites for hydroxylation is 1. The average molecular weight is 354 g/mol. The van der Waals surface area contributed by atoms with Crippen LogP contribution in [0.2, 0.25) is 0 Å². The van der Waals surface area contributed by atoms with Crippen molar-refractivity contribution in [3.63, 3.8) is 0 Å². The molecule has 0 radical (unpaired) electrons. The molecule has 0 bridgehead atoms. The lowest BCUT2D eigenvalue weighted by atomic mass is 10.1. The third-order valence-corrected chi connectivity index (χ3v) is 4.73. The molecule has 1 aliphatic heterocycles. The van der Waals surface area contributed by atoms with Gasteiger partial charge in [-0.05, 0) is 24.6 Å². The van der Waals surface area contributed by atoms with Crippen LogP contribution in [0.25, 0.3) is 0 Å². The highest BCUT2D eigenvalue weighted by atomic mass is 19.1. The summed E-state index contributed by atoms with van der Waals surface area (Å²) in [6.07, 6.45) is 0.280. The first-order valence-corrected chi connectivity index (χ1v) is 8.86. The Bertz CT molecular complexity index is 764. The molecule has 0 N–H and O–H groups in total. The van der Waals surface area contributed by atoms with Gasteiger partial charge in [0.1, 0.15) is 5.82 Å². The summed E-state index contributed by atoms with van der Waals surface area (Å²) in [5.74, 6) is -0.148. The summed E-state index contributed by atoms with van der Waals surface area (Å²) in [5.41, 5.74) is 2.67. The largest absolute Gasteiger partial charge is 0.340 e. The van der Waals surface area contributed by atoms with E-state index in [-0.39, 0.29) is 23.9 Å². The standard InChI is InChI=1S/C21H23FN2O2/c1-16-2-6-18(7-3-16)20(25)15-23-10-12-24(13-11-23)21(26)14-17-4-8-19(22)9-5-17/h2-9H,10-15H2,1H3. The quantitative estimate of drug-likeness (QED) is 0.775. The number of hydrogen-bond donors (Lipinski definition) is 0. The van der Waals surface area contributed by atoms with Gasteiger partial charge in [0.05, 0.1) is 13.0 Å². The number of rotatable bonds is 5. The van der Waals surface area contributed by atoms with Gasteiger partial charge in [-0.3, -0.25) is 14.5 Å². The normalized spacial score (nSPS) is 15.1. The maximum absolute atomic E-state index is 12.9. The predicted molar refractivity (Wildman–Crippen MR) is 98.6 cm³/mol. The second-order valence-electron chi connectivity index (χ2n) is 6.75. The van der Waals surface area contributed by atoms with Crippen LogP contribution in [0.4, 0.5) is 4.39 Å². The Morgan fingerprint density at radius 1 is 0.923 bits per heavy atom. The van der Waals surface area contributed by atoms with Gasteiger partial charge in [0, 0.05) is 31.7 Å². The summed E-state index contributed by atoms with van der Waals surface area (Å²) in [5, 5.41) is 0. The number of amides is 1. The van der Waals surface area contributed by atoms with Gasteiger partial charge in [-0.15, -0.1) is 0 Å². The first-order chi connectivity index (χ1) is 12.5. The second kappa shape index (κ2) is 8.23. The molecule has 1 aliphatic rings. The van der Waals surface area contributed by atoms with Crippen LogP contribution in [0.5, 0.6) is 0 Å². The van der Waals surface area contributed by atoms with Crippen molar-refractivity contribution in [3.8, 4) is 0 Å². The Hall–Kier alpha value is -2.53. The van der Waals surface area contributed by atoms with Crippen molar-refractivity contribution in [3.05, 3.63) is 71.0 Å². The molecule has 1 fully saturated rings. The molecule has 0 aliphatic carbocycles. The maximum Gasteiger partial charge on any atom is 0.227 e. The highest BCUT2D eigenvalue weighted by molar-refractivity contribution is 5.97. The van der Waals surface area contributed by atoms with Gasteiger partial charge in [-0.25, -0.2) is 4.39 Å². The molecule has 3 rings (SSSR count). The average Bonchev–Trinajstić information content (AvgIpc) is 2.64. The van der Waals surface area contributed by atoms with E-state index in [0.29, 0.717) is 32.7 Å². The van der Waals surface area contributed by atoms with E-state index < -0.39 is 0 Å². The molecule has 5 heteroatoms. The summed E-state index contributed by atoms with van der Waals surface area (Å²) in [4.78, 5) is 28.6. The van der Waals surface area contributed by atoms with E-state index in [1.54, 1.807) is 12.1 Å². The Balaban J connectivity index is 1.47. The number of hydrogen-bond acceptors (Lipinski definition) is 3. The lowest BCUT2D eigenvalue weighted by Crippen LogP contribution is -2.50. The number of nitrogens with zero attached hydrogens (tertiary/aromatic N) is 2. The molecule has 136 valence electrons. The predicted octanol–water partition coefficient (Wildman–Crippen LogP) is 2.70. The SMILES string of the molecule is Cc1ccc(C(=O)CN2CCN(C(=O)Cc3ccc(F)cc3)CC2)cc1. The number of carbonyl (C=O) groups excluding carboxylic acids is 2.